The number of methoxy groups -OCH3 is 1. The number of benzene rings is 1. The van der Waals surface area contributed by atoms with Gasteiger partial charge in [-0.15, -0.1) is 0 Å². The van der Waals surface area contributed by atoms with Crippen molar-refractivity contribution in [3.8, 4) is 0 Å². The molecule has 0 saturated heterocycles. The Labute approximate surface area is 145 Å². The molecule has 1 aliphatic rings. The topological polar surface area (TPSA) is 71.1 Å². The first-order chi connectivity index (χ1) is 12.0. The molecule has 1 N–H and O–H groups in total. The third-order valence-electron chi connectivity index (χ3n) is 4.65. The number of hydrogen-bond donors (Lipinski definition) is 1. The highest BCUT2D eigenvalue weighted by Gasteiger charge is 2.23. The first kappa shape index (κ1) is 15.6. The summed E-state index contributed by atoms with van der Waals surface area (Å²) in [5.74, 6) is 0.448. The van der Waals surface area contributed by atoms with E-state index in [0.29, 0.717) is 5.56 Å². The minimum Gasteiger partial charge on any atom is -0.465 e. The molecule has 0 unspecified atom stereocenters. The van der Waals surface area contributed by atoms with Crippen LogP contribution >= 0.6 is 0 Å². The van der Waals surface area contributed by atoms with Crippen molar-refractivity contribution in [3.05, 3.63) is 52.5 Å². The number of rotatable bonds is 2. The Hall–Kier alpha value is -2.89. The number of ether oxygens (including phenoxy) is 1. The third kappa shape index (κ3) is 2.73. The average Bonchev–Trinajstić information content (AvgIpc) is 2.97. The molecule has 2 aromatic heterocycles. The summed E-state index contributed by atoms with van der Waals surface area (Å²) in [5.41, 5.74) is 5.98. The van der Waals surface area contributed by atoms with Gasteiger partial charge in [-0.1, -0.05) is 0 Å². The smallest absolute Gasteiger partial charge is 0.337 e. The van der Waals surface area contributed by atoms with Crippen molar-refractivity contribution in [1.29, 1.82) is 0 Å². The lowest BCUT2D eigenvalue weighted by atomic mass is 10.0. The maximum absolute atomic E-state index is 11.8. The molecule has 6 nitrogen and oxygen atoms in total. The van der Waals surface area contributed by atoms with Gasteiger partial charge in [0, 0.05) is 53.1 Å². The number of aryl methyl sites for hydroxylation is 2. The lowest BCUT2D eigenvalue weighted by Crippen LogP contribution is -2.31. The van der Waals surface area contributed by atoms with Crippen LogP contribution in [0, 0.1) is 13.8 Å². The quantitative estimate of drug-likeness (QED) is 0.729. The predicted octanol–water partition coefficient (Wildman–Crippen LogP) is 2.92. The molecule has 128 valence electrons. The average molecular weight is 336 g/mol. The highest BCUT2D eigenvalue weighted by molar-refractivity contribution is 5.96. The van der Waals surface area contributed by atoms with Crippen LogP contribution in [0.5, 0.6) is 0 Å². The largest absolute Gasteiger partial charge is 0.465 e. The normalized spacial score (nSPS) is 13.8. The highest BCUT2D eigenvalue weighted by atomic mass is 16.5. The van der Waals surface area contributed by atoms with Crippen LogP contribution in [0.15, 0.2) is 24.3 Å². The lowest BCUT2D eigenvalue weighted by Gasteiger charge is -2.27. The molecular formula is C19H20N4O2. The Kier molecular flexibility index (Phi) is 3.67. The fourth-order valence-electron chi connectivity index (χ4n) is 3.48. The maximum Gasteiger partial charge on any atom is 0.337 e. The van der Waals surface area contributed by atoms with Crippen molar-refractivity contribution in [2.24, 2.45) is 0 Å². The van der Waals surface area contributed by atoms with E-state index in [2.05, 4.69) is 19.9 Å². The second-order valence-electron chi connectivity index (χ2n) is 6.46. The van der Waals surface area contributed by atoms with Crippen LogP contribution in [-0.4, -0.2) is 34.6 Å². The van der Waals surface area contributed by atoms with Crippen LogP contribution in [0.2, 0.25) is 0 Å². The molecule has 0 aliphatic carbocycles. The maximum atomic E-state index is 11.8. The summed E-state index contributed by atoms with van der Waals surface area (Å²) in [5, 5.41) is 1.06. The summed E-state index contributed by atoms with van der Waals surface area (Å²) in [6, 6.07) is 7.62. The van der Waals surface area contributed by atoms with E-state index in [0.717, 1.165) is 47.7 Å². The molecule has 0 amide bonds. The minimum absolute atomic E-state index is 0.317. The minimum atomic E-state index is -0.317. The molecular weight excluding hydrogens is 316 g/mol. The standard InChI is InChI=1S/C19H20N4O2/c1-11-8-12(2)21-19(20-11)23-7-6-17-15(10-23)14-9-13(18(24)25-3)4-5-16(14)22-17/h4-5,8-9,22H,6-7,10H2,1-3H3. The van der Waals surface area contributed by atoms with Gasteiger partial charge in [0.05, 0.1) is 12.7 Å². The molecule has 6 heteroatoms. The summed E-state index contributed by atoms with van der Waals surface area (Å²) in [6.07, 6.45) is 0.897. The van der Waals surface area contributed by atoms with E-state index in [1.54, 1.807) is 6.07 Å². The van der Waals surface area contributed by atoms with E-state index >= 15 is 0 Å². The number of nitrogens with zero attached hydrogens (tertiary/aromatic N) is 3. The molecule has 0 fully saturated rings. The number of hydrogen-bond acceptors (Lipinski definition) is 5. The van der Waals surface area contributed by atoms with E-state index < -0.39 is 0 Å². The zero-order chi connectivity index (χ0) is 17.6. The first-order valence-electron chi connectivity index (χ1n) is 8.34. The number of aromatic nitrogens is 3. The molecule has 3 aromatic rings. The van der Waals surface area contributed by atoms with Gasteiger partial charge < -0.3 is 14.6 Å². The van der Waals surface area contributed by atoms with E-state index in [1.165, 1.54) is 18.4 Å². The SMILES string of the molecule is COC(=O)c1ccc2[nH]c3c(c2c1)CN(c1nc(C)cc(C)n1)CC3. The highest BCUT2D eigenvalue weighted by Crippen LogP contribution is 2.30. The number of anilines is 1. The summed E-state index contributed by atoms with van der Waals surface area (Å²) in [4.78, 5) is 26.7. The molecule has 4 rings (SSSR count). The molecule has 0 radical (unpaired) electrons. The Balaban J connectivity index is 1.75. The van der Waals surface area contributed by atoms with Crippen LogP contribution in [-0.2, 0) is 17.7 Å². The fraction of sp³-hybridized carbons (Fsp3) is 0.316. The molecule has 25 heavy (non-hydrogen) atoms. The van der Waals surface area contributed by atoms with Crippen molar-refractivity contribution >= 4 is 22.8 Å². The van der Waals surface area contributed by atoms with Gasteiger partial charge in [0.15, 0.2) is 0 Å². The van der Waals surface area contributed by atoms with Gasteiger partial charge in [-0.2, -0.15) is 0 Å². The third-order valence-corrected chi connectivity index (χ3v) is 4.65. The summed E-state index contributed by atoms with van der Waals surface area (Å²) in [6.45, 7) is 5.57. The number of aromatic amines is 1. The molecule has 0 bridgehead atoms. The van der Waals surface area contributed by atoms with Crippen molar-refractivity contribution in [3.63, 3.8) is 0 Å². The van der Waals surface area contributed by atoms with Gasteiger partial charge >= 0.3 is 5.97 Å². The second kappa shape index (κ2) is 5.88. The number of nitrogens with one attached hydrogen (secondary N) is 1. The van der Waals surface area contributed by atoms with Crippen molar-refractivity contribution < 1.29 is 9.53 Å². The zero-order valence-electron chi connectivity index (χ0n) is 14.6. The van der Waals surface area contributed by atoms with Crippen LogP contribution in [0.1, 0.15) is 33.0 Å². The zero-order valence-corrected chi connectivity index (χ0v) is 14.6. The Morgan fingerprint density at radius 3 is 2.68 bits per heavy atom. The van der Waals surface area contributed by atoms with E-state index in [1.807, 2.05) is 32.0 Å². The monoisotopic (exact) mass is 336 g/mol. The lowest BCUT2D eigenvalue weighted by molar-refractivity contribution is 0.0601. The fourth-order valence-corrected chi connectivity index (χ4v) is 3.48. The molecule has 0 saturated carbocycles. The summed E-state index contributed by atoms with van der Waals surface area (Å²) in [7, 11) is 1.40. The second-order valence-corrected chi connectivity index (χ2v) is 6.46. The first-order valence-corrected chi connectivity index (χ1v) is 8.34. The Bertz CT molecular complexity index is 957. The van der Waals surface area contributed by atoms with Gasteiger partial charge in [0.2, 0.25) is 5.95 Å². The van der Waals surface area contributed by atoms with Crippen LogP contribution in [0.3, 0.4) is 0 Å². The number of fused-ring (bicyclic) bond motifs is 3. The Morgan fingerprint density at radius 2 is 1.96 bits per heavy atom. The van der Waals surface area contributed by atoms with E-state index in [4.69, 9.17) is 4.74 Å². The van der Waals surface area contributed by atoms with Crippen LogP contribution in [0.4, 0.5) is 5.95 Å². The molecule has 0 atom stereocenters. The van der Waals surface area contributed by atoms with Gasteiger partial charge in [-0.3, -0.25) is 0 Å². The van der Waals surface area contributed by atoms with Crippen molar-refractivity contribution in [2.75, 3.05) is 18.6 Å². The van der Waals surface area contributed by atoms with E-state index in [-0.39, 0.29) is 5.97 Å². The Morgan fingerprint density at radius 1 is 1.20 bits per heavy atom. The molecule has 1 aliphatic heterocycles. The van der Waals surface area contributed by atoms with Crippen LogP contribution in [0.25, 0.3) is 10.9 Å². The van der Waals surface area contributed by atoms with Crippen molar-refractivity contribution in [2.45, 2.75) is 26.8 Å². The van der Waals surface area contributed by atoms with Gasteiger partial charge in [0.25, 0.3) is 0 Å². The number of carbonyl (C=O) groups excluding carboxylic acids is 1. The predicted molar refractivity (Wildman–Crippen MR) is 95.9 cm³/mol. The number of esters is 1. The van der Waals surface area contributed by atoms with Crippen molar-refractivity contribution in [1.82, 2.24) is 15.0 Å². The summed E-state index contributed by atoms with van der Waals surface area (Å²) < 4.78 is 4.84. The molecule has 3 heterocycles. The molecule has 1 aromatic carbocycles. The van der Waals surface area contributed by atoms with Crippen LogP contribution < -0.4 is 4.90 Å². The van der Waals surface area contributed by atoms with Gasteiger partial charge in [0.1, 0.15) is 0 Å². The number of H-pyrrole nitrogens is 1. The van der Waals surface area contributed by atoms with E-state index in [9.17, 15) is 4.79 Å². The summed E-state index contributed by atoms with van der Waals surface area (Å²) >= 11 is 0. The number of carbonyl (C=O) groups is 1. The van der Waals surface area contributed by atoms with Gasteiger partial charge in [-0.05, 0) is 38.1 Å². The van der Waals surface area contributed by atoms with Gasteiger partial charge in [-0.25, -0.2) is 14.8 Å². The molecule has 0 spiro atoms.